The molecule has 1 amide bonds. The number of hydrogen-bond donors (Lipinski definition) is 4. The van der Waals surface area contributed by atoms with Crippen LogP contribution in [0.3, 0.4) is 0 Å². The molecule has 0 fully saturated rings. The molecule has 184 valence electrons. The number of carboxylic acids is 2. The Morgan fingerprint density at radius 2 is 1.60 bits per heavy atom. The van der Waals surface area contributed by atoms with Crippen LogP contribution in [0.2, 0.25) is 0 Å². The maximum absolute atomic E-state index is 13.2. The molecule has 0 saturated carbocycles. The Morgan fingerprint density at radius 3 is 2.17 bits per heavy atom. The van der Waals surface area contributed by atoms with E-state index in [1.54, 1.807) is 24.4 Å². The van der Waals surface area contributed by atoms with Crippen molar-refractivity contribution in [3.63, 3.8) is 0 Å². The minimum Gasteiger partial charge on any atom is -0.473 e. The molecule has 0 atom stereocenters. The van der Waals surface area contributed by atoms with Crippen molar-refractivity contribution in [3.8, 4) is 11.1 Å². The first-order valence-electron chi connectivity index (χ1n) is 10.3. The molecule has 0 saturated heterocycles. The van der Waals surface area contributed by atoms with Gasteiger partial charge in [0.2, 0.25) is 5.91 Å². The van der Waals surface area contributed by atoms with Crippen molar-refractivity contribution in [3.05, 3.63) is 76.9 Å². The van der Waals surface area contributed by atoms with Gasteiger partial charge in [0.1, 0.15) is 16.4 Å². The van der Waals surface area contributed by atoms with Gasteiger partial charge in [0.05, 0.1) is 13.2 Å². The van der Waals surface area contributed by atoms with Gasteiger partial charge in [-0.1, -0.05) is 42.5 Å². The Balaban J connectivity index is 0.000000641. The Labute approximate surface area is 204 Å². The van der Waals surface area contributed by atoms with Crippen LogP contribution >= 0.6 is 11.3 Å². The van der Waals surface area contributed by atoms with E-state index in [2.05, 4.69) is 10.6 Å². The SMILES string of the molecule is CCOC(=O)c1c(-c2ccc(F)cc2)csc1NC(=O)CNCc1ccccc1.O=C(O)C(=O)O. The summed E-state index contributed by atoms with van der Waals surface area (Å²) in [6.07, 6.45) is 0. The van der Waals surface area contributed by atoms with Gasteiger partial charge in [0.15, 0.2) is 0 Å². The molecule has 1 aromatic heterocycles. The number of nitrogens with one attached hydrogen (secondary N) is 2. The quantitative estimate of drug-likeness (QED) is 0.270. The normalized spacial score (nSPS) is 10.0. The lowest BCUT2D eigenvalue weighted by Gasteiger charge is -2.09. The molecule has 0 bridgehead atoms. The highest BCUT2D eigenvalue weighted by molar-refractivity contribution is 7.15. The van der Waals surface area contributed by atoms with Gasteiger partial charge < -0.3 is 25.6 Å². The highest BCUT2D eigenvalue weighted by atomic mass is 32.1. The Hall–Kier alpha value is -4.09. The number of ether oxygens (including phenoxy) is 1. The number of anilines is 1. The summed E-state index contributed by atoms with van der Waals surface area (Å²) in [5.74, 6) is -4.80. The van der Waals surface area contributed by atoms with Crippen LogP contribution < -0.4 is 10.6 Å². The first kappa shape index (κ1) is 27.2. The van der Waals surface area contributed by atoms with E-state index in [1.807, 2.05) is 30.3 Å². The lowest BCUT2D eigenvalue weighted by molar-refractivity contribution is -0.159. The molecular weight excluding hydrogens is 479 g/mol. The molecule has 1 heterocycles. The fourth-order valence-electron chi connectivity index (χ4n) is 2.78. The summed E-state index contributed by atoms with van der Waals surface area (Å²) in [5.41, 5.74) is 2.62. The maximum Gasteiger partial charge on any atom is 0.414 e. The van der Waals surface area contributed by atoms with Gasteiger partial charge in [0.25, 0.3) is 0 Å². The second kappa shape index (κ2) is 13.6. The van der Waals surface area contributed by atoms with E-state index in [-0.39, 0.29) is 30.4 Å². The van der Waals surface area contributed by atoms with E-state index >= 15 is 0 Å². The highest BCUT2D eigenvalue weighted by Crippen LogP contribution is 2.36. The fourth-order valence-corrected chi connectivity index (χ4v) is 3.76. The van der Waals surface area contributed by atoms with Crippen LogP contribution in [-0.4, -0.2) is 47.2 Å². The zero-order chi connectivity index (χ0) is 25.8. The van der Waals surface area contributed by atoms with Crippen LogP contribution in [0.15, 0.2) is 60.0 Å². The number of benzene rings is 2. The second-order valence-electron chi connectivity index (χ2n) is 6.83. The van der Waals surface area contributed by atoms with Gasteiger partial charge in [-0.2, -0.15) is 0 Å². The summed E-state index contributed by atoms with van der Waals surface area (Å²) in [7, 11) is 0. The smallest absolute Gasteiger partial charge is 0.414 e. The van der Waals surface area contributed by atoms with Gasteiger partial charge in [-0.05, 0) is 30.2 Å². The number of rotatable bonds is 8. The number of carbonyl (C=O) groups excluding carboxylic acids is 2. The Bertz CT molecular complexity index is 1150. The van der Waals surface area contributed by atoms with Crippen molar-refractivity contribution >= 4 is 40.2 Å². The van der Waals surface area contributed by atoms with Crippen molar-refractivity contribution < 1.29 is 38.5 Å². The second-order valence-corrected chi connectivity index (χ2v) is 7.71. The summed E-state index contributed by atoms with van der Waals surface area (Å²) in [4.78, 5) is 43.1. The minimum absolute atomic E-state index is 0.0982. The lowest BCUT2D eigenvalue weighted by atomic mass is 10.0. The number of halogens is 1. The third-order valence-corrected chi connectivity index (χ3v) is 5.21. The van der Waals surface area contributed by atoms with Crippen molar-refractivity contribution in [1.82, 2.24) is 5.32 Å². The largest absolute Gasteiger partial charge is 0.473 e. The maximum atomic E-state index is 13.2. The molecule has 3 aromatic rings. The molecule has 0 radical (unpaired) electrons. The molecule has 9 nitrogen and oxygen atoms in total. The summed E-state index contributed by atoms with van der Waals surface area (Å²) >= 11 is 1.23. The summed E-state index contributed by atoms with van der Waals surface area (Å²) in [6, 6.07) is 15.6. The van der Waals surface area contributed by atoms with Gasteiger partial charge in [0, 0.05) is 17.5 Å². The topological polar surface area (TPSA) is 142 Å². The van der Waals surface area contributed by atoms with Crippen molar-refractivity contribution in [2.75, 3.05) is 18.5 Å². The predicted octanol–water partition coefficient (Wildman–Crippen LogP) is 3.61. The molecule has 3 rings (SSSR count). The van der Waals surface area contributed by atoms with Gasteiger partial charge in [-0.3, -0.25) is 4.79 Å². The molecular formula is C24H23FN2O7S. The van der Waals surface area contributed by atoms with Crippen LogP contribution in [0.1, 0.15) is 22.8 Å². The third kappa shape index (κ3) is 8.65. The van der Waals surface area contributed by atoms with Crippen LogP contribution in [0.5, 0.6) is 0 Å². The molecule has 0 aliphatic carbocycles. The first-order chi connectivity index (χ1) is 16.7. The standard InChI is InChI=1S/C22H21FN2O3S.C2H2O4/c1-2-28-22(27)20-18(16-8-10-17(23)11-9-16)14-29-21(20)25-19(26)13-24-12-15-6-4-3-5-7-15;3-1(4)2(5)6/h3-11,14,24H,2,12-13H2,1H3,(H,25,26);(H,3,4)(H,5,6). The molecule has 0 spiro atoms. The highest BCUT2D eigenvalue weighted by Gasteiger charge is 2.22. The summed E-state index contributed by atoms with van der Waals surface area (Å²) in [5, 5.41) is 22.8. The van der Waals surface area contributed by atoms with Crippen molar-refractivity contribution in [1.29, 1.82) is 0 Å². The van der Waals surface area contributed by atoms with E-state index in [1.165, 1.54) is 23.5 Å². The van der Waals surface area contributed by atoms with E-state index in [4.69, 9.17) is 24.5 Å². The molecule has 11 heteroatoms. The number of esters is 1. The molecule has 2 aromatic carbocycles. The molecule has 0 unspecified atom stereocenters. The minimum atomic E-state index is -1.82. The van der Waals surface area contributed by atoms with Crippen LogP contribution in [0.4, 0.5) is 9.39 Å². The number of carboxylic acid groups (broad SMARTS) is 2. The molecule has 0 aliphatic rings. The Morgan fingerprint density at radius 1 is 0.971 bits per heavy atom. The predicted molar refractivity (Wildman–Crippen MR) is 128 cm³/mol. The van der Waals surface area contributed by atoms with Gasteiger partial charge in [-0.25, -0.2) is 18.8 Å². The van der Waals surface area contributed by atoms with Crippen LogP contribution in [-0.2, 0) is 25.7 Å². The lowest BCUT2D eigenvalue weighted by Crippen LogP contribution is -2.28. The Kier molecular flexibility index (Phi) is 10.5. The van der Waals surface area contributed by atoms with Crippen LogP contribution in [0, 0.1) is 5.82 Å². The number of aliphatic carboxylic acids is 2. The van der Waals surface area contributed by atoms with Crippen molar-refractivity contribution in [2.24, 2.45) is 0 Å². The number of thiophene rings is 1. The number of carbonyl (C=O) groups is 4. The molecule has 35 heavy (non-hydrogen) atoms. The van der Waals surface area contributed by atoms with E-state index in [0.29, 0.717) is 22.7 Å². The van der Waals surface area contributed by atoms with E-state index in [9.17, 15) is 14.0 Å². The summed E-state index contributed by atoms with van der Waals surface area (Å²) < 4.78 is 18.4. The fraction of sp³-hybridized carbons (Fsp3) is 0.167. The zero-order valence-corrected chi connectivity index (χ0v) is 19.4. The third-order valence-electron chi connectivity index (χ3n) is 4.32. The molecule has 0 aliphatic heterocycles. The van der Waals surface area contributed by atoms with E-state index in [0.717, 1.165) is 5.56 Å². The first-order valence-corrected chi connectivity index (χ1v) is 11.2. The molecule has 4 N–H and O–H groups in total. The number of amides is 1. The van der Waals surface area contributed by atoms with Crippen LogP contribution in [0.25, 0.3) is 11.1 Å². The number of hydrogen-bond acceptors (Lipinski definition) is 7. The summed E-state index contributed by atoms with van der Waals surface area (Å²) in [6.45, 7) is 2.59. The average molecular weight is 503 g/mol. The average Bonchev–Trinajstić information content (AvgIpc) is 3.24. The van der Waals surface area contributed by atoms with Gasteiger partial charge >= 0.3 is 17.9 Å². The van der Waals surface area contributed by atoms with Crippen molar-refractivity contribution in [2.45, 2.75) is 13.5 Å². The monoisotopic (exact) mass is 502 g/mol. The van der Waals surface area contributed by atoms with E-state index < -0.39 is 17.9 Å². The zero-order valence-electron chi connectivity index (χ0n) is 18.6. The van der Waals surface area contributed by atoms with Gasteiger partial charge in [-0.15, -0.1) is 11.3 Å².